The van der Waals surface area contributed by atoms with Gasteiger partial charge in [0.15, 0.2) is 5.60 Å². The number of rotatable bonds is 3. The van der Waals surface area contributed by atoms with Gasteiger partial charge in [0, 0.05) is 6.07 Å². The predicted octanol–water partition coefficient (Wildman–Crippen LogP) is 4.35. The Balaban J connectivity index is 1.81. The number of carbonyl (C=O) groups excluding carboxylic acids is 1. The number of amides is 1. The average Bonchev–Trinajstić information content (AvgIpc) is 2.49. The second-order valence-corrected chi connectivity index (χ2v) is 7.26. The maximum atomic E-state index is 13.5. The molecule has 1 heterocycles. The highest BCUT2D eigenvalue weighted by Crippen LogP contribution is 2.37. The van der Waals surface area contributed by atoms with E-state index in [0.29, 0.717) is 18.8 Å². The summed E-state index contributed by atoms with van der Waals surface area (Å²) in [4.78, 5) is 13.8. The Morgan fingerprint density at radius 3 is 2.36 bits per heavy atom. The number of hydrogen-bond acceptors (Lipinski definition) is 3. The third-order valence-corrected chi connectivity index (χ3v) is 3.95. The molecule has 25 heavy (non-hydrogen) atoms. The first-order valence-corrected chi connectivity index (χ1v) is 8.25. The summed E-state index contributed by atoms with van der Waals surface area (Å²) < 4.78 is 25.0. The van der Waals surface area contributed by atoms with Crippen molar-refractivity contribution in [3.63, 3.8) is 0 Å². The molecule has 4 nitrogen and oxygen atoms in total. The van der Waals surface area contributed by atoms with E-state index in [-0.39, 0.29) is 11.9 Å². The fraction of sp³-hybridized carbons (Fsp3) is 0.350. The number of halogens is 1. The molecule has 1 saturated heterocycles. The molecule has 0 bridgehead atoms. The zero-order valence-electron chi connectivity index (χ0n) is 14.7. The molecule has 0 radical (unpaired) electrons. The van der Waals surface area contributed by atoms with Gasteiger partial charge in [0.1, 0.15) is 17.2 Å². The standard InChI is InChI=1S/C20H22FNO3/c1-19(2,3)25-18(23)22-13-20(14-22,15-8-5-4-6-9-15)24-17-11-7-10-16(21)12-17/h4-12H,13-14H2,1-3H3. The van der Waals surface area contributed by atoms with E-state index < -0.39 is 11.2 Å². The van der Waals surface area contributed by atoms with Crippen molar-refractivity contribution in [3.05, 3.63) is 66.0 Å². The van der Waals surface area contributed by atoms with E-state index in [1.807, 2.05) is 51.1 Å². The Morgan fingerprint density at radius 1 is 1.08 bits per heavy atom. The smallest absolute Gasteiger partial charge is 0.410 e. The van der Waals surface area contributed by atoms with Crippen molar-refractivity contribution in [2.24, 2.45) is 0 Å². The van der Waals surface area contributed by atoms with E-state index in [4.69, 9.17) is 9.47 Å². The lowest BCUT2D eigenvalue weighted by molar-refractivity contribution is -0.0864. The lowest BCUT2D eigenvalue weighted by Gasteiger charge is -2.49. The van der Waals surface area contributed by atoms with E-state index in [0.717, 1.165) is 5.56 Å². The Kier molecular flexibility index (Phi) is 4.41. The van der Waals surface area contributed by atoms with Crippen molar-refractivity contribution in [1.29, 1.82) is 0 Å². The predicted molar refractivity (Wildman–Crippen MR) is 93.0 cm³/mol. The van der Waals surface area contributed by atoms with Crippen molar-refractivity contribution in [2.75, 3.05) is 13.1 Å². The Bertz CT molecular complexity index is 749. The summed E-state index contributed by atoms with van der Waals surface area (Å²) in [6, 6.07) is 15.7. The van der Waals surface area contributed by atoms with Gasteiger partial charge in [-0.1, -0.05) is 36.4 Å². The van der Waals surface area contributed by atoms with Crippen LogP contribution in [-0.2, 0) is 10.3 Å². The largest absolute Gasteiger partial charge is 0.479 e. The van der Waals surface area contributed by atoms with Gasteiger partial charge in [0.05, 0.1) is 13.1 Å². The fourth-order valence-corrected chi connectivity index (χ4v) is 2.83. The van der Waals surface area contributed by atoms with Gasteiger partial charge in [0.2, 0.25) is 0 Å². The van der Waals surface area contributed by atoms with Crippen LogP contribution in [0.25, 0.3) is 0 Å². The molecule has 0 aromatic heterocycles. The van der Waals surface area contributed by atoms with Gasteiger partial charge in [-0.15, -0.1) is 0 Å². The van der Waals surface area contributed by atoms with Gasteiger partial charge < -0.3 is 9.47 Å². The second kappa shape index (κ2) is 6.39. The lowest BCUT2D eigenvalue weighted by Crippen LogP contribution is -2.64. The summed E-state index contributed by atoms with van der Waals surface area (Å²) in [5.41, 5.74) is -0.309. The van der Waals surface area contributed by atoms with Crippen molar-refractivity contribution in [2.45, 2.75) is 32.0 Å². The van der Waals surface area contributed by atoms with E-state index in [1.54, 1.807) is 17.0 Å². The molecule has 0 aliphatic carbocycles. The van der Waals surface area contributed by atoms with Crippen molar-refractivity contribution in [1.82, 2.24) is 4.90 Å². The van der Waals surface area contributed by atoms with Gasteiger partial charge in [-0.25, -0.2) is 9.18 Å². The van der Waals surface area contributed by atoms with Crippen LogP contribution in [0.5, 0.6) is 5.75 Å². The van der Waals surface area contributed by atoms with Crippen LogP contribution in [0.3, 0.4) is 0 Å². The van der Waals surface area contributed by atoms with Crippen LogP contribution in [0.1, 0.15) is 26.3 Å². The molecule has 132 valence electrons. The summed E-state index contributed by atoms with van der Waals surface area (Å²) in [5, 5.41) is 0. The number of ether oxygens (including phenoxy) is 2. The van der Waals surface area contributed by atoms with E-state index in [2.05, 4.69) is 0 Å². The minimum atomic E-state index is -0.702. The molecule has 1 amide bonds. The van der Waals surface area contributed by atoms with E-state index in [9.17, 15) is 9.18 Å². The van der Waals surface area contributed by atoms with E-state index >= 15 is 0 Å². The van der Waals surface area contributed by atoms with Crippen molar-refractivity contribution < 1.29 is 18.7 Å². The van der Waals surface area contributed by atoms with Crippen LogP contribution < -0.4 is 4.74 Å². The molecule has 5 heteroatoms. The molecular weight excluding hydrogens is 321 g/mol. The van der Waals surface area contributed by atoms with Crippen LogP contribution in [-0.4, -0.2) is 29.7 Å². The van der Waals surface area contributed by atoms with Crippen LogP contribution in [0.4, 0.5) is 9.18 Å². The lowest BCUT2D eigenvalue weighted by atomic mass is 9.86. The topological polar surface area (TPSA) is 38.8 Å². The highest BCUT2D eigenvalue weighted by atomic mass is 19.1. The maximum Gasteiger partial charge on any atom is 0.410 e. The monoisotopic (exact) mass is 343 g/mol. The molecule has 2 aromatic rings. The van der Waals surface area contributed by atoms with Crippen LogP contribution in [0.2, 0.25) is 0 Å². The highest BCUT2D eigenvalue weighted by Gasteiger charge is 2.50. The molecule has 0 saturated carbocycles. The summed E-state index contributed by atoms with van der Waals surface area (Å²) in [6.07, 6.45) is -0.373. The molecule has 1 aliphatic heterocycles. The fourth-order valence-electron chi connectivity index (χ4n) is 2.83. The van der Waals surface area contributed by atoms with Gasteiger partial charge in [-0.2, -0.15) is 0 Å². The SMILES string of the molecule is CC(C)(C)OC(=O)N1CC(Oc2cccc(F)c2)(c2ccccc2)C1. The number of likely N-dealkylation sites (tertiary alicyclic amines) is 1. The Labute approximate surface area is 147 Å². The quantitative estimate of drug-likeness (QED) is 0.832. The number of benzene rings is 2. The summed E-state index contributed by atoms with van der Waals surface area (Å²) in [7, 11) is 0. The summed E-state index contributed by atoms with van der Waals surface area (Å²) >= 11 is 0. The van der Waals surface area contributed by atoms with Gasteiger partial charge in [-0.05, 0) is 38.5 Å². The minimum Gasteiger partial charge on any atom is -0.479 e. The molecule has 0 unspecified atom stereocenters. The third-order valence-electron chi connectivity index (χ3n) is 3.95. The zero-order chi connectivity index (χ0) is 18.1. The van der Waals surface area contributed by atoms with Gasteiger partial charge in [0.25, 0.3) is 0 Å². The third kappa shape index (κ3) is 3.92. The first-order valence-electron chi connectivity index (χ1n) is 8.25. The normalized spacial score (nSPS) is 16.1. The number of nitrogens with zero attached hydrogens (tertiary/aromatic N) is 1. The molecule has 2 aromatic carbocycles. The first-order chi connectivity index (χ1) is 11.8. The molecule has 1 aliphatic rings. The van der Waals surface area contributed by atoms with Gasteiger partial charge >= 0.3 is 6.09 Å². The second-order valence-electron chi connectivity index (χ2n) is 7.26. The molecule has 0 atom stereocenters. The molecule has 1 fully saturated rings. The van der Waals surface area contributed by atoms with Crippen LogP contribution in [0.15, 0.2) is 54.6 Å². The van der Waals surface area contributed by atoms with Crippen molar-refractivity contribution >= 4 is 6.09 Å². The highest BCUT2D eigenvalue weighted by molar-refractivity contribution is 5.70. The number of hydrogen-bond donors (Lipinski definition) is 0. The summed E-state index contributed by atoms with van der Waals surface area (Å²) in [5.74, 6) is 0.0803. The summed E-state index contributed by atoms with van der Waals surface area (Å²) in [6.45, 7) is 6.19. The molecule has 0 spiro atoms. The Morgan fingerprint density at radius 2 is 1.76 bits per heavy atom. The average molecular weight is 343 g/mol. The van der Waals surface area contributed by atoms with Crippen LogP contribution >= 0.6 is 0 Å². The van der Waals surface area contributed by atoms with Crippen LogP contribution in [0, 0.1) is 5.82 Å². The Hall–Kier alpha value is -2.56. The van der Waals surface area contributed by atoms with Gasteiger partial charge in [-0.3, -0.25) is 4.90 Å². The first kappa shape index (κ1) is 17.3. The molecular formula is C20H22FNO3. The van der Waals surface area contributed by atoms with E-state index in [1.165, 1.54) is 12.1 Å². The molecule has 0 N–H and O–H groups in total. The minimum absolute atomic E-state index is 0.350. The van der Waals surface area contributed by atoms with Crippen molar-refractivity contribution in [3.8, 4) is 5.75 Å². The maximum absolute atomic E-state index is 13.5. The zero-order valence-corrected chi connectivity index (χ0v) is 14.7. The molecule has 3 rings (SSSR count). The number of carbonyl (C=O) groups is 1.